The van der Waals surface area contributed by atoms with Gasteiger partial charge in [0.25, 0.3) is 0 Å². The van der Waals surface area contributed by atoms with Crippen molar-refractivity contribution in [1.82, 2.24) is 9.88 Å². The lowest BCUT2D eigenvalue weighted by Gasteiger charge is -2.23. The molecule has 0 amide bonds. The van der Waals surface area contributed by atoms with Gasteiger partial charge in [0, 0.05) is 30.6 Å². The molecule has 1 aromatic heterocycles. The predicted molar refractivity (Wildman–Crippen MR) is 108 cm³/mol. The highest BCUT2D eigenvalue weighted by Gasteiger charge is 2.24. The second kappa shape index (κ2) is 7.57. The molecule has 1 aliphatic rings. The fourth-order valence-corrected chi connectivity index (χ4v) is 3.75. The average Bonchev–Trinajstić information content (AvgIpc) is 2.85. The van der Waals surface area contributed by atoms with Crippen molar-refractivity contribution in [2.45, 2.75) is 39.5 Å². The highest BCUT2D eigenvalue weighted by Crippen LogP contribution is 2.32. The molecule has 1 aliphatic heterocycles. The molecular formula is C23H26N2O2. The second-order valence-electron chi connectivity index (χ2n) is 7.27. The number of rotatable bonds is 4. The van der Waals surface area contributed by atoms with Crippen LogP contribution >= 0.6 is 0 Å². The zero-order valence-corrected chi connectivity index (χ0v) is 16.2. The number of ether oxygens (including phenoxy) is 2. The number of aromatic nitrogens is 1. The quantitative estimate of drug-likeness (QED) is 0.672. The molecule has 2 aromatic carbocycles. The third-order valence-corrected chi connectivity index (χ3v) is 5.20. The molecule has 4 nitrogen and oxygen atoms in total. The van der Waals surface area contributed by atoms with Gasteiger partial charge in [-0.15, -0.1) is 0 Å². The standard InChI is InChI=1S/C23H26N2O2/c1-4-20-15-25(13-17-8-6-5-7-9-17)14-19-11-18-12-21(26-3)10-16(2)22(18)24-23(19)27-20/h5-12,20H,4,13-15H2,1-3H3. The molecule has 0 bridgehead atoms. The van der Waals surface area contributed by atoms with Crippen molar-refractivity contribution >= 4 is 10.9 Å². The summed E-state index contributed by atoms with van der Waals surface area (Å²) in [6, 6.07) is 16.9. The van der Waals surface area contributed by atoms with Crippen molar-refractivity contribution in [3.63, 3.8) is 0 Å². The monoisotopic (exact) mass is 362 g/mol. The summed E-state index contributed by atoms with van der Waals surface area (Å²) in [7, 11) is 1.70. The Morgan fingerprint density at radius 1 is 1.19 bits per heavy atom. The maximum absolute atomic E-state index is 6.31. The predicted octanol–water partition coefficient (Wildman–Crippen LogP) is 4.73. The Kier molecular flexibility index (Phi) is 4.99. The number of hydrogen-bond acceptors (Lipinski definition) is 4. The van der Waals surface area contributed by atoms with Crippen LogP contribution in [0.15, 0.2) is 48.5 Å². The van der Waals surface area contributed by atoms with Crippen molar-refractivity contribution in [2.75, 3.05) is 13.7 Å². The molecule has 2 heterocycles. The lowest BCUT2D eigenvalue weighted by atomic mass is 10.1. The van der Waals surface area contributed by atoms with Crippen molar-refractivity contribution in [3.8, 4) is 11.6 Å². The van der Waals surface area contributed by atoms with Gasteiger partial charge in [0.15, 0.2) is 0 Å². The summed E-state index contributed by atoms with van der Waals surface area (Å²) in [5, 5.41) is 1.10. The fraction of sp³-hybridized carbons (Fsp3) is 0.348. The summed E-state index contributed by atoms with van der Waals surface area (Å²) in [4.78, 5) is 7.34. The first-order valence-corrected chi connectivity index (χ1v) is 9.57. The Morgan fingerprint density at radius 2 is 2.00 bits per heavy atom. The molecule has 0 saturated heterocycles. The van der Waals surface area contributed by atoms with Gasteiger partial charge < -0.3 is 9.47 Å². The molecule has 1 atom stereocenters. The minimum absolute atomic E-state index is 0.151. The molecule has 1 unspecified atom stereocenters. The van der Waals surface area contributed by atoms with Gasteiger partial charge in [-0.05, 0) is 42.7 Å². The molecule has 0 aliphatic carbocycles. The normalized spacial score (nSPS) is 17.2. The summed E-state index contributed by atoms with van der Waals surface area (Å²) < 4.78 is 11.7. The van der Waals surface area contributed by atoms with Crippen LogP contribution in [-0.2, 0) is 13.1 Å². The number of hydrogen-bond donors (Lipinski definition) is 0. The van der Waals surface area contributed by atoms with Gasteiger partial charge in [-0.1, -0.05) is 37.3 Å². The third-order valence-electron chi connectivity index (χ3n) is 5.20. The van der Waals surface area contributed by atoms with E-state index in [0.29, 0.717) is 0 Å². The van der Waals surface area contributed by atoms with E-state index < -0.39 is 0 Å². The number of aryl methyl sites for hydroxylation is 1. The molecule has 0 N–H and O–H groups in total. The van der Waals surface area contributed by atoms with Gasteiger partial charge in [0.2, 0.25) is 5.88 Å². The zero-order valence-electron chi connectivity index (χ0n) is 16.2. The van der Waals surface area contributed by atoms with Gasteiger partial charge >= 0.3 is 0 Å². The molecule has 27 heavy (non-hydrogen) atoms. The van der Waals surface area contributed by atoms with E-state index in [4.69, 9.17) is 14.5 Å². The van der Waals surface area contributed by atoms with Crippen molar-refractivity contribution in [2.24, 2.45) is 0 Å². The molecule has 3 aromatic rings. The number of benzene rings is 2. The van der Waals surface area contributed by atoms with E-state index in [9.17, 15) is 0 Å². The topological polar surface area (TPSA) is 34.6 Å². The van der Waals surface area contributed by atoms with E-state index in [0.717, 1.165) is 59.7 Å². The smallest absolute Gasteiger partial charge is 0.218 e. The first-order valence-electron chi connectivity index (χ1n) is 9.57. The Bertz CT molecular complexity index is 940. The Balaban J connectivity index is 1.73. The second-order valence-corrected chi connectivity index (χ2v) is 7.27. The first-order chi connectivity index (χ1) is 13.2. The summed E-state index contributed by atoms with van der Waals surface area (Å²) >= 11 is 0. The highest BCUT2D eigenvalue weighted by molar-refractivity contribution is 5.84. The van der Waals surface area contributed by atoms with E-state index >= 15 is 0 Å². The van der Waals surface area contributed by atoms with E-state index in [2.05, 4.69) is 61.2 Å². The Hall–Kier alpha value is -2.59. The van der Waals surface area contributed by atoms with Crippen LogP contribution in [-0.4, -0.2) is 29.6 Å². The molecule has 0 spiro atoms. The zero-order chi connectivity index (χ0) is 18.8. The van der Waals surface area contributed by atoms with Crippen LogP contribution in [0.4, 0.5) is 0 Å². The first kappa shape index (κ1) is 17.8. The molecule has 0 radical (unpaired) electrons. The lowest BCUT2D eigenvalue weighted by molar-refractivity contribution is 0.136. The number of fused-ring (bicyclic) bond motifs is 2. The van der Waals surface area contributed by atoms with Crippen molar-refractivity contribution in [3.05, 3.63) is 65.2 Å². The maximum Gasteiger partial charge on any atom is 0.218 e. The molecular weight excluding hydrogens is 336 g/mol. The molecule has 140 valence electrons. The molecule has 4 heteroatoms. The minimum atomic E-state index is 0.151. The summed E-state index contributed by atoms with van der Waals surface area (Å²) in [6.45, 7) is 6.89. The summed E-state index contributed by atoms with van der Waals surface area (Å²) in [6.07, 6.45) is 1.12. The van der Waals surface area contributed by atoms with Crippen LogP contribution in [0.25, 0.3) is 10.9 Å². The third kappa shape index (κ3) is 3.76. The van der Waals surface area contributed by atoms with Crippen LogP contribution in [0.1, 0.15) is 30.0 Å². The molecule has 0 fully saturated rings. The van der Waals surface area contributed by atoms with E-state index in [1.807, 2.05) is 6.07 Å². The highest BCUT2D eigenvalue weighted by atomic mass is 16.5. The number of pyridine rings is 1. The van der Waals surface area contributed by atoms with Crippen LogP contribution in [0.5, 0.6) is 11.6 Å². The molecule has 0 saturated carbocycles. The van der Waals surface area contributed by atoms with Gasteiger partial charge in [0.05, 0.1) is 12.6 Å². The van der Waals surface area contributed by atoms with E-state index in [-0.39, 0.29) is 6.10 Å². The lowest BCUT2D eigenvalue weighted by Crippen LogP contribution is -2.32. The van der Waals surface area contributed by atoms with Crippen LogP contribution in [0.2, 0.25) is 0 Å². The number of methoxy groups -OCH3 is 1. The van der Waals surface area contributed by atoms with Gasteiger partial charge in [-0.2, -0.15) is 0 Å². The Morgan fingerprint density at radius 3 is 2.74 bits per heavy atom. The van der Waals surface area contributed by atoms with Gasteiger partial charge in [-0.3, -0.25) is 4.90 Å². The van der Waals surface area contributed by atoms with Crippen LogP contribution < -0.4 is 9.47 Å². The van der Waals surface area contributed by atoms with Gasteiger partial charge in [-0.25, -0.2) is 4.98 Å². The van der Waals surface area contributed by atoms with Gasteiger partial charge in [0.1, 0.15) is 11.9 Å². The summed E-state index contributed by atoms with van der Waals surface area (Å²) in [5.41, 5.74) is 4.55. The fourth-order valence-electron chi connectivity index (χ4n) is 3.75. The largest absolute Gasteiger partial charge is 0.497 e. The van der Waals surface area contributed by atoms with E-state index in [1.165, 1.54) is 5.56 Å². The van der Waals surface area contributed by atoms with E-state index in [1.54, 1.807) is 7.11 Å². The average molecular weight is 362 g/mol. The minimum Gasteiger partial charge on any atom is -0.497 e. The van der Waals surface area contributed by atoms with Crippen molar-refractivity contribution in [1.29, 1.82) is 0 Å². The van der Waals surface area contributed by atoms with Crippen molar-refractivity contribution < 1.29 is 9.47 Å². The molecule has 4 rings (SSSR count). The number of nitrogens with zero attached hydrogens (tertiary/aromatic N) is 2. The maximum atomic E-state index is 6.31. The van der Waals surface area contributed by atoms with Crippen LogP contribution in [0, 0.1) is 6.92 Å². The Labute approximate surface area is 160 Å². The SMILES string of the molecule is CCC1CN(Cc2ccccc2)Cc2cc3cc(OC)cc(C)c3nc2O1. The summed E-state index contributed by atoms with van der Waals surface area (Å²) in [5.74, 6) is 1.64. The van der Waals surface area contributed by atoms with Crippen LogP contribution in [0.3, 0.4) is 0 Å².